The maximum atomic E-state index is 12.8. The van der Waals surface area contributed by atoms with Crippen molar-refractivity contribution in [3.63, 3.8) is 0 Å². The lowest BCUT2D eigenvalue weighted by Crippen LogP contribution is -2.10. The molecule has 6 heteroatoms. The number of rotatable bonds is 2. The highest BCUT2D eigenvalue weighted by molar-refractivity contribution is 6.68. The molecule has 0 amide bonds. The average molecular weight is 303 g/mol. The van der Waals surface area contributed by atoms with E-state index < -0.39 is 28.4 Å². The van der Waals surface area contributed by atoms with E-state index in [-0.39, 0.29) is 0 Å². The number of carbonyl (C=O) groups excluding carboxylic acids is 1. The first-order chi connectivity index (χ1) is 9.29. The Morgan fingerprint density at radius 2 is 1.50 bits per heavy atom. The molecule has 0 aromatic heterocycles. The lowest BCUT2D eigenvalue weighted by Gasteiger charge is -2.12. The molecule has 2 aromatic carbocycles. The van der Waals surface area contributed by atoms with Crippen LogP contribution in [0, 0.1) is 5.82 Å². The predicted molar refractivity (Wildman–Crippen MR) is 67.0 cm³/mol. The second-order valence-corrected chi connectivity index (χ2v) is 4.38. The van der Waals surface area contributed by atoms with Crippen molar-refractivity contribution in [2.24, 2.45) is 0 Å². The molecule has 20 heavy (non-hydrogen) atoms. The van der Waals surface area contributed by atoms with Crippen LogP contribution in [0.3, 0.4) is 0 Å². The Hall–Kier alpha value is -1.88. The third-order valence-corrected chi connectivity index (χ3v) is 2.92. The van der Waals surface area contributed by atoms with Crippen LogP contribution in [0.2, 0.25) is 0 Å². The van der Waals surface area contributed by atoms with E-state index in [0.717, 1.165) is 12.1 Å². The van der Waals surface area contributed by atoms with E-state index in [1.807, 2.05) is 0 Å². The fraction of sp³-hybridized carbons (Fsp3) is 0.0714. The van der Waals surface area contributed by atoms with E-state index in [1.54, 1.807) is 0 Å². The molecule has 0 heterocycles. The van der Waals surface area contributed by atoms with Gasteiger partial charge in [-0.3, -0.25) is 4.79 Å². The molecule has 0 fully saturated rings. The smallest absolute Gasteiger partial charge is 0.276 e. The zero-order chi connectivity index (χ0) is 14.9. The van der Waals surface area contributed by atoms with Crippen molar-refractivity contribution >= 4 is 16.8 Å². The Kier molecular flexibility index (Phi) is 3.81. The van der Waals surface area contributed by atoms with Crippen molar-refractivity contribution in [1.82, 2.24) is 0 Å². The molecule has 0 atom stereocenters. The molecule has 0 bridgehead atoms. The highest BCUT2D eigenvalue weighted by atomic mass is 35.5. The summed E-state index contributed by atoms with van der Waals surface area (Å²) < 4.78 is 51.0. The maximum Gasteiger partial charge on any atom is 0.417 e. The molecule has 0 N–H and O–H groups in total. The molecule has 1 nitrogen and oxygen atoms in total. The molecule has 0 unspecified atom stereocenters. The lowest BCUT2D eigenvalue weighted by atomic mass is 9.99. The maximum absolute atomic E-state index is 12.8. The molecule has 104 valence electrons. The van der Waals surface area contributed by atoms with Gasteiger partial charge in [0.2, 0.25) is 0 Å². The highest BCUT2D eigenvalue weighted by Crippen LogP contribution is 2.35. The monoisotopic (exact) mass is 302 g/mol. The third kappa shape index (κ3) is 2.99. The zero-order valence-corrected chi connectivity index (χ0v) is 10.6. The normalized spacial score (nSPS) is 11.4. The number of benzene rings is 2. The zero-order valence-electron chi connectivity index (χ0n) is 9.84. The molecular weight excluding hydrogens is 296 g/mol. The lowest BCUT2D eigenvalue weighted by molar-refractivity contribution is -0.137. The summed E-state index contributed by atoms with van der Waals surface area (Å²) in [6.07, 6.45) is -4.67. The minimum Gasteiger partial charge on any atom is -0.276 e. The van der Waals surface area contributed by atoms with Gasteiger partial charge in [0.05, 0.1) is 5.56 Å². The van der Waals surface area contributed by atoms with Gasteiger partial charge < -0.3 is 0 Å². The molecule has 0 spiro atoms. The van der Waals surface area contributed by atoms with Crippen LogP contribution < -0.4 is 0 Å². The Bertz CT molecular complexity index is 647. The molecule has 0 saturated carbocycles. The van der Waals surface area contributed by atoms with Gasteiger partial charge in [0.25, 0.3) is 5.24 Å². The number of hydrogen-bond acceptors (Lipinski definition) is 1. The number of alkyl halides is 3. The summed E-state index contributed by atoms with van der Waals surface area (Å²) >= 11 is 5.20. The Labute approximate surface area is 116 Å². The van der Waals surface area contributed by atoms with Crippen LogP contribution >= 0.6 is 11.6 Å². The van der Waals surface area contributed by atoms with Crippen LogP contribution in [0.1, 0.15) is 15.9 Å². The van der Waals surface area contributed by atoms with Crippen LogP contribution in [0.5, 0.6) is 0 Å². The SMILES string of the molecule is O=C(Cl)c1cc(-c2ccc(F)cc2)ccc1C(F)(F)F. The Morgan fingerprint density at radius 1 is 0.950 bits per heavy atom. The summed E-state index contributed by atoms with van der Waals surface area (Å²) in [4.78, 5) is 11.2. The number of halogens is 5. The fourth-order valence-electron chi connectivity index (χ4n) is 1.78. The predicted octanol–water partition coefficient (Wildman–Crippen LogP) is 4.89. The van der Waals surface area contributed by atoms with Crippen LogP contribution in [0.25, 0.3) is 11.1 Å². The van der Waals surface area contributed by atoms with Gasteiger partial charge in [-0.05, 0) is 47.0 Å². The van der Waals surface area contributed by atoms with Gasteiger partial charge in [-0.1, -0.05) is 18.2 Å². The summed E-state index contributed by atoms with van der Waals surface area (Å²) in [7, 11) is 0. The Balaban J connectivity index is 2.56. The van der Waals surface area contributed by atoms with Crippen LogP contribution in [0.15, 0.2) is 42.5 Å². The first kappa shape index (κ1) is 14.5. The number of carbonyl (C=O) groups is 1. The first-order valence-electron chi connectivity index (χ1n) is 5.46. The van der Waals surface area contributed by atoms with Crippen molar-refractivity contribution in [3.8, 4) is 11.1 Å². The summed E-state index contributed by atoms with van der Waals surface area (Å²) in [6, 6.07) is 8.20. The molecule has 2 rings (SSSR count). The second-order valence-electron chi connectivity index (χ2n) is 4.04. The van der Waals surface area contributed by atoms with E-state index in [2.05, 4.69) is 0 Å². The number of hydrogen-bond donors (Lipinski definition) is 0. The van der Waals surface area contributed by atoms with Gasteiger partial charge in [0.15, 0.2) is 0 Å². The van der Waals surface area contributed by atoms with Crippen LogP contribution in [-0.4, -0.2) is 5.24 Å². The van der Waals surface area contributed by atoms with E-state index in [9.17, 15) is 22.4 Å². The van der Waals surface area contributed by atoms with Gasteiger partial charge in [-0.2, -0.15) is 13.2 Å². The van der Waals surface area contributed by atoms with Crippen molar-refractivity contribution < 1.29 is 22.4 Å². The average Bonchev–Trinajstić information content (AvgIpc) is 2.37. The fourth-order valence-corrected chi connectivity index (χ4v) is 1.93. The molecular formula is C14H7ClF4O. The van der Waals surface area contributed by atoms with Crippen molar-refractivity contribution in [1.29, 1.82) is 0 Å². The van der Waals surface area contributed by atoms with Gasteiger partial charge in [-0.25, -0.2) is 4.39 Å². The summed E-state index contributed by atoms with van der Waals surface area (Å²) in [6.45, 7) is 0. The van der Waals surface area contributed by atoms with Gasteiger partial charge >= 0.3 is 6.18 Å². The quantitative estimate of drug-likeness (QED) is 0.570. The van der Waals surface area contributed by atoms with E-state index in [1.165, 1.54) is 30.3 Å². The minimum absolute atomic E-state index is 0.349. The largest absolute Gasteiger partial charge is 0.417 e. The van der Waals surface area contributed by atoms with Gasteiger partial charge in [-0.15, -0.1) is 0 Å². The summed E-state index contributed by atoms with van der Waals surface area (Å²) in [5.41, 5.74) is -0.884. The van der Waals surface area contributed by atoms with Crippen LogP contribution in [0.4, 0.5) is 17.6 Å². The van der Waals surface area contributed by atoms with Crippen molar-refractivity contribution in [2.75, 3.05) is 0 Å². The summed E-state index contributed by atoms with van der Waals surface area (Å²) in [5, 5.41) is -1.19. The van der Waals surface area contributed by atoms with Crippen molar-refractivity contribution in [3.05, 3.63) is 59.4 Å². The van der Waals surface area contributed by atoms with E-state index >= 15 is 0 Å². The topological polar surface area (TPSA) is 17.1 Å². The molecule has 0 aliphatic carbocycles. The second kappa shape index (κ2) is 5.25. The molecule has 0 aliphatic rings. The molecule has 0 aliphatic heterocycles. The van der Waals surface area contributed by atoms with Gasteiger partial charge in [0, 0.05) is 5.56 Å². The van der Waals surface area contributed by atoms with Crippen molar-refractivity contribution in [2.45, 2.75) is 6.18 Å². The van der Waals surface area contributed by atoms with E-state index in [4.69, 9.17) is 11.6 Å². The third-order valence-electron chi connectivity index (χ3n) is 2.71. The highest BCUT2D eigenvalue weighted by Gasteiger charge is 2.34. The molecule has 2 aromatic rings. The van der Waals surface area contributed by atoms with Crippen LogP contribution in [-0.2, 0) is 6.18 Å². The molecule has 0 radical (unpaired) electrons. The van der Waals surface area contributed by atoms with E-state index in [0.29, 0.717) is 11.1 Å². The first-order valence-corrected chi connectivity index (χ1v) is 5.84. The van der Waals surface area contributed by atoms with Gasteiger partial charge in [0.1, 0.15) is 5.82 Å². The summed E-state index contributed by atoms with van der Waals surface area (Å²) in [5.74, 6) is -0.464. The minimum atomic E-state index is -4.67. The molecule has 0 saturated heterocycles. The Morgan fingerprint density at radius 3 is 2.00 bits per heavy atom. The standard InChI is InChI=1S/C14H7ClF4O/c15-13(20)11-7-9(3-6-12(11)14(17,18)19)8-1-4-10(16)5-2-8/h1-7H.